The van der Waals surface area contributed by atoms with Gasteiger partial charge in [-0.15, -0.1) is 17.0 Å². The lowest BCUT2D eigenvalue weighted by molar-refractivity contribution is -0.384. The minimum Gasteiger partial charge on any atom is -0.346 e. The van der Waals surface area contributed by atoms with Crippen molar-refractivity contribution in [2.24, 2.45) is 4.99 Å². The second-order valence-corrected chi connectivity index (χ2v) is 5.76. The summed E-state index contributed by atoms with van der Waals surface area (Å²) in [4.78, 5) is 27.1. The van der Waals surface area contributed by atoms with Crippen LogP contribution < -0.4 is 5.36 Å². The number of ketones is 1. The molecular weight excluding hydrogens is 410 g/mol. The maximum absolute atomic E-state index is 12.3. The molecule has 0 aliphatic heterocycles. The number of hydrogen-bond donors (Lipinski definition) is 0. The highest BCUT2D eigenvalue weighted by Gasteiger charge is 2.11. The van der Waals surface area contributed by atoms with E-state index in [-0.39, 0.29) is 35.0 Å². The van der Waals surface area contributed by atoms with Crippen LogP contribution in [0.2, 0.25) is 0 Å². The molecule has 1 aromatic heterocycles. The molecule has 3 aromatic rings. The molecular formula is C20H18BrN3O3. The van der Waals surface area contributed by atoms with E-state index in [1.807, 2.05) is 42.5 Å². The van der Waals surface area contributed by atoms with E-state index in [4.69, 9.17) is 0 Å². The fraction of sp³-hybridized carbons (Fsp3) is 0.100. The number of benzene rings is 2. The van der Waals surface area contributed by atoms with Crippen LogP contribution in [0, 0.1) is 10.1 Å². The molecule has 6 nitrogen and oxygen atoms in total. The molecule has 0 amide bonds. The summed E-state index contributed by atoms with van der Waals surface area (Å²) < 4.78 is 1.72. The van der Waals surface area contributed by atoms with Crippen LogP contribution in [0.5, 0.6) is 0 Å². The average Bonchev–Trinajstić information content (AvgIpc) is 2.68. The van der Waals surface area contributed by atoms with E-state index in [2.05, 4.69) is 4.99 Å². The van der Waals surface area contributed by atoms with Crippen LogP contribution in [-0.4, -0.2) is 15.3 Å². The van der Waals surface area contributed by atoms with Gasteiger partial charge in [-0.25, -0.2) is 0 Å². The molecule has 0 atom stereocenters. The fourth-order valence-corrected chi connectivity index (χ4v) is 2.48. The number of nitro groups is 1. The number of pyridine rings is 1. The molecule has 0 radical (unpaired) electrons. The Labute approximate surface area is 166 Å². The Morgan fingerprint density at radius 3 is 2.37 bits per heavy atom. The van der Waals surface area contributed by atoms with E-state index in [0.717, 1.165) is 10.9 Å². The van der Waals surface area contributed by atoms with Crippen LogP contribution >= 0.6 is 17.0 Å². The molecule has 27 heavy (non-hydrogen) atoms. The Morgan fingerprint density at radius 1 is 1.00 bits per heavy atom. The van der Waals surface area contributed by atoms with Gasteiger partial charge in [0.2, 0.25) is 0 Å². The zero-order valence-corrected chi connectivity index (χ0v) is 16.1. The number of rotatable bonds is 6. The van der Waals surface area contributed by atoms with Gasteiger partial charge >= 0.3 is 0 Å². The first kappa shape index (κ1) is 20.3. The maximum Gasteiger partial charge on any atom is 0.270 e. The molecule has 0 aliphatic carbocycles. The Morgan fingerprint density at radius 2 is 1.70 bits per heavy atom. The van der Waals surface area contributed by atoms with Gasteiger partial charge < -0.3 is 4.57 Å². The van der Waals surface area contributed by atoms with Crippen molar-refractivity contribution in [3.05, 3.63) is 106 Å². The standard InChI is InChI=1S/C20H17N3O3.BrH/c24-20(17-7-4-8-19(13-17)23(25)26)15-22-11-9-18(10-12-22)21-14-16-5-2-1-3-6-16;/h1-13H,14-15H2;1H. The zero-order chi connectivity index (χ0) is 18.4. The summed E-state index contributed by atoms with van der Waals surface area (Å²) in [5, 5.41) is 11.6. The monoisotopic (exact) mass is 427 g/mol. The first-order chi connectivity index (χ1) is 12.6. The van der Waals surface area contributed by atoms with Crippen molar-refractivity contribution in [1.29, 1.82) is 0 Å². The SMILES string of the molecule is Br.O=C(Cn1ccc(=NCc2ccccc2)cc1)c1cccc([N+](=O)[O-])c1. The highest BCUT2D eigenvalue weighted by Crippen LogP contribution is 2.14. The van der Waals surface area contributed by atoms with Crippen molar-refractivity contribution in [3.63, 3.8) is 0 Å². The van der Waals surface area contributed by atoms with E-state index >= 15 is 0 Å². The van der Waals surface area contributed by atoms with Crippen LogP contribution in [0.15, 0.2) is 84.1 Å². The molecule has 1 heterocycles. The first-order valence-corrected chi connectivity index (χ1v) is 8.10. The number of hydrogen-bond acceptors (Lipinski definition) is 4. The molecule has 0 saturated heterocycles. The van der Waals surface area contributed by atoms with E-state index < -0.39 is 4.92 Å². The highest BCUT2D eigenvalue weighted by molar-refractivity contribution is 8.93. The van der Waals surface area contributed by atoms with Gasteiger partial charge in [0.15, 0.2) is 5.78 Å². The highest BCUT2D eigenvalue weighted by atomic mass is 79.9. The number of halogens is 1. The Kier molecular flexibility index (Phi) is 7.19. The molecule has 0 spiro atoms. The number of Topliss-reactive ketones (excluding diaryl/α,β-unsaturated/α-hetero) is 1. The molecule has 2 aromatic carbocycles. The second kappa shape index (κ2) is 9.59. The largest absolute Gasteiger partial charge is 0.346 e. The normalized spacial score (nSPS) is 9.93. The lowest BCUT2D eigenvalue weighted by Crippen LogP contribution is -2.13. The molecule has 138 valence electrons. The number of non-ortho nitro benzene ring substituents is 1. The second-order valence-electron chi connectivity index (χ2n) is 5.76. The summed E-state index contributed by atoms with van der Waals surface area (Å²) in [6.45, 7) is 0.706. The molecule has 0 saturated carbocycles. The molecule has 7 heteroatoms. The summed E-state index contributed by atoms with van der Waals surface area (Å²) >= 11 is 0. The van der Waals surface area contributed by atoms with Crippen molar-refractivity contribution in [2.45, 2.75) is 13.1 Å². The van der Waals surface area contributed by atoms with E-state index in [1.165, 1.54) is 18.2 Å². The van der Waals surface area contributed by atoms with Gasteiger partial charge in [-0.1, -0.05) is 42.5 Å². The Hall–Kier alpha value is -3.06. The Bertz CT molecular complexity index is 980. The molecule has 0 aliphatic rings. The van der Waals surface area contributed by atoms with Crippen molar-refractivity contribution in [1.82, 2.24) is 4.57 Å². The van der Waals surface area contributed by atoms with Gasteiger partial charge in [-0.3, -0.25) is 19.9 Å². The Balaban J connectivity index is 0.00000261. The van der Waals surface area contributed by atoms with E-state index in [1.54, 1.807) is 23.0 Å². The van der Waals surface area contributed by atoms with Gasteiger partial charge in [0.05, 0.1) is 23.4 Å². The quantitative estimate of drug-likeness (QED) is 0.339. The van der Waals surface area contributed by atoms with Gasteiger partial charge in [0.1, 0.15) is 0 Å². The number of aromatic nitrogens is 1. The summed E-state index contributed by atoms with van der Waals surface area (Å²) in [6.07, 6.45) is 3.55. The third kappa shape index (κ3) is 5.72. The van der Waals surface area contributed by atoms with Crippen molar-refractivity contribution < 1.29 is 9.72 Å². The first-order valence-electron chi connectivity index (χ1n) is 8.10. The minimum atomic E-state index is -0.507. The summed E-state index contributed by atoms with van der Waals surface area (Å²) in [7, 11) is 0. The van der Waals surface area contributed by atoms with Gasteiger partial charge in [0.25, 0.3) is 5.69 Å². The molecule has 3 rings (SSSR count). The number of nitro benzene ring substituents is 1. The van der Waals surface area contributed by atoms with Crippen LogP contribution in [0.3, 0.4) is 0 Å². The third-order valence-electron chi connectivity index (χ3n) is 3.87. The summed E-state index contributed by atoms with van der Waals surface area (Å²) in [5.41, 5.74) is 1.37. The fourth-order valence-electron chi connectivity index (χ4n) is 2.48. The maximum atomic E-state index is 12.3. The number of carbonyl (C=O) groups excluding carboxylic acids is 1. The van der Waals surface area contributed by atoms with Gasteiger partial charge in [-0.05, 0) is 17.7 Å². The van der Waals surface area contributed by atoms with Crippen molar-refractivity contribution in [2.75, 3.05) is 0 Å². The summed E-state index contributed by atoms with van der Waals surface area (Å²) in [5.74, 6) is -0.187. The lowest BCUT2D eigenvalue weighted by Gasteiger charge is -2.05. The molecule has 0 fully saturated rings. The molecule has 0 bridgehead atoms. The number of nitrogens with zero attached hydrogens (tertiary/aromatic N) is 3. The van der Waals surface area contributed by atoms with Crippen molar-refractivity contribution in [3.8, 4) is 0 Å². The predicted molar refractivity (Wildman–Crippen MR) is 108 cm³/mol. The van der Waals surface area contributed by atoms with Crippen LogP contribution in [-0.2, 0) is 13.1 Å². The topological polar surface area (TPSA) is 77.5 Å². The van der Waals surface area contributed by atoms with Crippen molar-refractivity contribution >= 4 is 28.5 Å². The van der Waals surface area contributed by atoms with Crippen LogP contribution in [0.4, 0.5) is 5.69 Å². The van der Waals surface area contributed by atoms with E-state index in [9.17, 15) is 14.9 Å². The lowest BCUT2D eigenvalue weighted by atomic mass is 10.1. The summed E-state index contributed by atoms with van der Waals surface area (Å²) in [6, 6.07) is 19.4. The smallest absolute Gasteiger partial charge is 0.270 e. The third-order valence-corrected chi connectivity index (χ3v) is 3.87. The zero-order valence-electron chi connectivity index (χ0n) is 14.4. The number of carbonyl (C=O) groups is 1. The van der Waals surface area contributed by atoms with Gasteiger partial charge in [-0.2, -0.15) is 0 Å². The molecule has 0 unspecified atom stereocenters. The van der Waals surface area contributed by atoms with Crippen LogP contribution in [0.1, 0.15) is 15.9 Å². The average molecular weight is 428 g/mol. The van der Waals surface area contributed by atoms with Crippen LogP contribution in [0.25, 0.3) is 0 Å². The predicted octanol–water partition coefficient (Wildman–Crippen LogP) is 3.96. The molecule has 0 N–H and O–H groups in total. The van der Waals surface area contributed by atoms with Gasteiger partial charge in [0, 0.05) is 30.1 Å². The minimum absolute atomic E-state index is 0. The van der Waals surface area contributed by atoms with E-state index in [0.29, 0.717) is 12.1 Å².